The zero-order chi connectivity index (χ0) is 17.1. The number of hydrogen-bond donors (Lipinski definition) is 1. The molecule has 0 radical (unpaired) electrons. The van der Waals surface area contributed by atoms with E-state index in [1.165, 1.54) is 5.56 Å². The van der Waals surface area contributed by atoms with Crippen LogP contribution in [0.3, 0.4) is 0 Å². The van der Waals surface area contributed by atoms with Crippen molar-refractivity contribution in [3.05, 3.63) is 47.3 Å². The van der Waals surface area contributed by atoms with Gasteiger partial charge in [-0.25, -0.2) is 4.79 Å². The largest absolute Gasteiger partial charge is 0.378 e. The molecule has 1 unspecified atom stereocenters. The van der Waals surface area contributed by atoms with Crippen LogP contribution in [0.15, 0.2) is 34.9 Å². The number of carbonyl (C=O) groups is 1. The molecule has 128 valence electrons. The van der Waals surface area contributed by atoms with Gasteiger partial charge in [-0.05, 0) is 37.5 Å². The van der Waals surface area contributed by atoms with E-state index in [0.717, 1.165) is 36.5 Å². The first-order valence-corrected chi connectivity index (χ1v) is 8.28. The molecule has 1 atom stereocenters. The zero-order valence-corrected chi connectivity index (χ0v) is 14.5. The third-order valence-electron chi connectivity index (χ3n) is 4.38. The first-order chi connectivity index (χ1) is 11.5. The van der Waals surface area contributed by atoms with E-state index in [9.17, 15) is 4.79 Å². The van der Waals surface area contributed by atoms with E-state index >= 15 is 0 Å². The molecule has 1 fully saturated rings. The Morgan fingerprint density at radius 2 is 2.25 bits per heavy atom. The number of nitrogens with zero attached hydrogens (tertiary/aromatic N) is 3. The molecule has 1 aliphatic rings. The third-order valence-corrected chi connectivity index (χ3v) is 4.38. The summed E-state index contributed by atoms with van der Waals surface area (Å²) < 4.78 is 5.03. The number of anilines is 1. The number of amides is 2. The summed E-state index contributed by atoms with van der Waals surface area (Å²) in [5.74, 6) is 0.749. The highest BCUT2D eigenvalue weighted by Gasteiger charge is 2.30. The van der Waals surface area contributed by atoms with Crippen LogP contribution in [0.1, 0.15) is 35.9 Å². The molecular formula is C18H24N4O2. The molecule has 3 rings (SSSR count). The molecular weight excluding hydrogens is 304 g/mol. The van der Waals surface area contributed by atoms with Gasteiger partial charge in [0, 0.05) is 32.4 Å². The average Bonchev–Trinajstić information content (AvgIpc) is 3.21. The van der Waals surface area contributed by atoms with Crippen molar-refractivity contribution in [2.45, 2.75) is 32.4 Å². The Balaban J connectivity index is 1.68. The van der Waals surface area contributed by atoms with Crippen LogP contribution in [0.25, 0.3) is 0 Å². The van der Waals surface area contributed by atoms with E-state index in [-0.39, 0.29) is 12.1 Å². The summed E-state index contributed by atoms with van der Waals surface area (Å²) in [5, 5.41) is 6.85. The standard InChI is InChI=1S/C18H24N4O2/c1-13-10-15(20-24-13)12-19-18(23)22-9-5-8-17(22)14-6-4-7-16(11-14)21(2)3/h4,6-7,10-11,17H,5,8-9,12H2,1-3H3,(H,19,23). The number of urea groups is 1. The third kappa shape index (κ3) is 3.53. The normalized spacial score (nSPS) is 17.1. The average molecular weight is 328 g/mol. The first kappa shape index (κ1) is 16.4. The minimum atomic E-state index is -0.0478. The molecule has 1 aromatic heterocycles. The van der Waals surface area contributed by atoms with Crippen molar-refractivity contribution < 1.29 is 9.32 Å². The molecule has 2 aromatic rings. The minimum Gasteiger partial charge on any atom is -0.378 e. The van der Waals surface area contributed by atoms with Gasteiger partial charge in [-0.3, -0.25) is 0 Å². The summed E-state index contributed by atoms with van der Waals surface area (Å²) in [4.78, 5) is 16.6. The number of rotatable bonds is 4. The maximum absolute atomic E-state index is 12.6. The van der Waals surface area contributed by atoms with Gasteiger partial charge in [0.05, 0.1) is 12.6 Å². The van der Waals surface area contributed by atoms with E-state index in [0.29, 0.717) is 6.54 Å². The van der Waals surface area contributed by atoms with E-state index in [1.54, 1.807) is 0 Å². The molecule has 0 bridgehead atoms. The lowest BCUT2D eigenvalue weighted by Gasteiger charge is -2.26. The summed E-state index contributed by atoms with van der Waals surface area (Å²) in [7, 11) is 4.05. The van der Waals surface area contributed by atoms with E-state index in [2.05, 4.69) is 39.6 Å². The quantitative estimate of drug-likeness (QED) is 0.937. The van der Waals surface area contributed by atoms with Crippen LogP contribution < -0.4 is 10.2 Å². The van der Waals surface area contributed by atoms with Gasteiger partial charge in [0.1, 0.15) is 11.5 Å². The minimum absolute atomic E-state index is 0.0478. The lowest BCUT2D eigenvalue weighted by molar-refractivity contribution is 0.192. The Morgan fingerprint density at radius 1 is 1.42 bits per heavy atom. The highest BCUT2D eigenvalue weighted by Crippen LogP contribution is 2.33. The number of aryl methyl sites for hydroxylation is 1. The van der Waals surface area contributed by atoms with Crippen LogP contribution >= 0.6 is 0 Å². The van der Waals surface area contributed by atoms with Gasteiger partial charge in [-0.2, -0.15) is 0 Å². The van der Waals surface area contributed by atoms with Gasteiger partial charge in [-0.1, -0.05) is 17.3 Å². The number of hydrogen-bond acceptors (Lipinski definition) is 4. The van der Waals surface area contributed by atoms with Crippen LogP contribution in [0, 0.1) is 6.92 Å². The fraction of sp³-hybridized carbons (Fsp3) is 0.444. The molecule has 1 aliphatic heterocycles. The maximum atomic E-state index is 12.6. The molecule has 6 nitrogen and oxygen atoms in total. The maximum Gasteiger partial charge on any atom is 0.318 e. The first-order valence-electron chi connectivity index (χ1n) is 8.28. The van der Waals surface area contributed by atoms with E-state index < -0.39 is 0 Å². The molecule has 0 saturated carbocycles. The van der Waals surface area contributed by atoms with Crippen molar-refractivity contribution in [2.75, 3.05) is 25.5 Å². The lowest BCUT2D eigenvalue weighted by Crippen LogP contribution is -2.39. The predicted octanol–water partition coefficient (Wildman–Crippen LogP) is 3.10. The molecule has 0 aliphatic carbocycles. The van der Waals surface area contributed by atoms with Gasteiger partial charge < -0.3 is 19.6 Å². The number of likely N-dealkylation sites (tertiary alicyclic amines) is 1. The summed E-state index contributed by atoms with van der Waals surface area (Å²) >= 11 is 0. The molecule has 2 heterocycles. The monoisotopic (exact) mass is 328 g/mol. The number of aromatic nitrogens is 1. The second kappa shape index (κ2) is 6.95. The van der Waals surface area contributed by atoms with Crippen LogP contribution in [0.2, 0.25) is 0 Å². The van der Waals surface area contributed by atoms with Gasteiger partial charge in [0.15, 0.2) is 0 Å². The number of carbonyl (C=O) groups excluding carboxylic acids is 1. The Hall–Kier alpha value is -2.50. The van der Waals surface area contributed by atoms with Gasteiger partial charge >= 0.3 is 6.03 Å². The van der Waals surface area contributed by atoms with Gasteiger partial charge in [-0.15, -0.1) is 0 Å². The van der Waals surface area contributed by atoms with Crippen LogP contribution in [0.5, 0.6) is 0 Å². The van der Waals surface area contributed by atoms with Crippen molar-refractivity contribution in [3.8, 4) is 0 Å². The van der Waals surface area contributed by atoms with Crippen LogP contribution in [0.4, 0.5) is 10.5 Å². The van der Waals surface area contributed by atoms with Crippen molar-refractivity contribution in [3.63, 3.8) is 0 Å². The second-order valence-electron chi connectivity index (χ2n) is 6.43. The fourth-order valence-electron chi connectivity index (χ4n) is 3.14. The van der Waals surface area contributed by atoms with Crippen molar-refractivity contribution >= 4 is 11.7 Å². The van der Waals surface area contributed by atoms with Crippen molar-refractivity contribution in [2.24, 2.45) is 0 Å². The summed E-state index contributed by atoms with van der Waals surface area (Å²) in [6.07, 6.45) is 2.01. The van der Waals surface area contributed by atoms with Crippen molar-refractivity contribution in [1.82, 2.24) is 15.4 Å². The molecule has 1 saturated heterocycles. The Bertz CT molecular complexity index is 711. The van der Waals surface area contributed by atoms with Crippen LogP contribution in [-0.4, -0.2) is 36.7 Å². The molecule has 1 N–H and O–H groups in total. The number of nitrogens with one attached hydrogen (secondary N) is 1. The summed E-state index contributed by atoms with van der Waals surface area (Å²) in [6.45, 7) is 3.00. The summed E-state index contributed by atoms with van der Waals surface area (Å²) in [6, 6.07) is 10.3. The molecule has 2 amide bonds. The molecule has 24 heavy (non-hydrogen) atoms. The molecule has 6 heteroatoms. The topological polar surface area (TPSA) is 61.6 Å². The molecule has 0 spiro atoms. The second-order valence-corrected chi connectivity index (χ2v) is 6.43. The molecule has 1 aromatic carbocycles. The number of benzene rings is 1. The van der Waals surface area contributed by atoms with E-state index in [4.69, 9.17) is 4.52 Å². The van der Waals surface area contributed by atoms with Crippen molar-refractivity contribution in [1.29, 1.82) is 0 Å². The highest BCUT2D eigenvalue weighted by atomic mass is 16.5. The Morgan fingerprint density at radius 3 is 2.96 bits per heavy atom. The van der Waals surface area contributed by atoms with Gasteiger partial charge in [0.25, 0.3) is 0 Å². The van der Waals surface area contributed by atoms with E-state index in [1.807, 2.05) is 32.0 Å². The van der Waals surface area contributed by atoms with Crippen LogP contribution in [-0.2, 0) is 6.54 Å². The summed E-state index contributed by atoms with van der Waals surface area (Å²) in [5.41, 5.74) is 3.08. The Kier molecular flexibility index (Phi) is 4.74. The Labute approximate surface area is 142 Å². The smallest absolute Gasteiger partial charge is 0.318 e. The highest BCUT2D eigenvalue weighted by molar-refractivity contribution is 5.75. The predicted molar refractivity (Wildman–Crippen MR) is 92.9 cm³/mol. The van der Waals surface area contributed by atoms with Gasteiger partial charge in [0.2, 0.25) is 0 Å². The zero-order valence-electron chi connectivity index (χ0n) is 14.5. The fourth-order valence-corrected chi connectivity index (χ4v) is 3.14. The SMILES string of the molecule is Cc1cc(CNC(=O)N2CCCC2c2cccc(N(C)C)c2)no1. The lowest BCUT2D eigenvalue weighted by atomic mass is 10.0.